The topological polar surface area (TPSA) is 40.5 Å². The summed E-state index contributed by atoms with van der Waals surface area (Å²) in [5.41, 5.74) is 0.180. The van der Waals surface area contributed by atoms with E-state index in [1.165, 1.54) is 22.8 Å². The Balaban J connectivity index is 2.80. The van der Waals surface area contributed by atoms with Gasteiger partial charge in [-0.25, -0.2) is 0 Å². The number of hydrogen-bond donors (Lipinski definition) is 1. The number of amides is 1. The van der Waals surface area contributed by atoms with E-state index < -0.39 is 25.2 Å². The molecule has 0 fully saturated rings. The molecule has 17 heavy (non-hydrogen) atoms. The first kappa shape index (κ1) is 14.5. The summed E-state index contributed by atoms with van der Waals surface area (Å²) >= 11 is 4.34. The van der Waals surface area contributed by atoms with E-state index in [2.05, 4.69) is 15.9 Å². The minimum absolute atomic E-state index is 0.180. The van der Waals surface area contributed by atoms with E-state index >= 15 is 0 Å². The van der Waals surface area contributed by atoms with Crippen LogP contribution in [0.25, 0.3) is 0 Å². The van der Waals surface area contributed by atoms with Crippen molar-refractivity contribution in [2.24, 2.45) is 0 Å². The normalized spacial score (nSPS) is 11.6. The second-order valence-electron chi connectivity index (χ2n) is 3.20. The molecule has 0 saturated carbocycles. The molecule has 96 valence electrons. The Morgan fingerprint density at radius 2 is 2.18 bits per heavy atom. The average molecular weight is 332 g/mol. The number of carbonyl (C=O) groups is 1. The molecule has 0 spiro atoms. The molecule has 1 aromatic rings. The van der Waals surface area contributed by atoms with Gasteiger partial charge in [0.2, 0.25) is 0 Å². The van der Waals surface area contributed by atoms with Crippen LogP contribution in [0, 0.1) is 0 Å². The Bertz CT molecular complexity index is 394. The van der Waals surface area contributed by atoms with Gasteiger partial charge in [-0.2, -0.15) is 13.2 Å². The van der Waals surface area contributed by atoms with Gasteiger partial charge in [-0.15, -0.1) is 11.3 Å². The fraction of sp³-hybridized carbons (Fsp3) is 0.444. The number of hydrogen-bond acceptors (Lipinski definition) is 3. The van der Waals surface area contributed by atoms with E-state index in [1.807, 2.05) is 0 Å². The molecular weight excluding hydrogens is 323 g/mol. The number of thiophene rings is 1. The first-order valence-electron chi connectivity index (χ1n) is 4.54. The molecule has 0 bridgehead atoms. The van der Waals surface area contributed by atoms with Crippen LogP contribution in [0.4, 0.5) is 13.2 Å². The van der Waals surface area contributed by atoms with Gasteiger partial charge in [-0.1, -0.05) is 0 Å². The molecule has 1 aromatic heterocycles. The van der Waals surface area contributed by atoms with Crippen LogP contribution in [0.2, 0.25) is 0 Å². The molecule has 0 aromatic carbocycles. The summed E-state index contributed by atoms with van der Waals surface area (Å²) in [6.45, 7) is -2.21. The van der Waals surface area contributed by atoms with E-state index in [4.69, 9.17) is 5.11 Å². The Kier molecular flexibility index (Phi) is 4.96. The van der Waals surface area contributed by atoms with Crippen LogP contribution in [-0.2, 0) is 0 Å². The van der Waals surface area contributed by atoms with Crippen molar-refractivity contribution in [1.82, 2.24) is 4.90 Å². The maximum atomic E-state index is 12.2. The van der Waals surface area contributed by atoms with Crippen molar-refractivity contribution in [3.05, 3.63) is 20.8 Å². The molecule has 8 heteroatoms. The summed E-state index contributed by atoms with van der Waals surface area (Å²) in [7, 11) is 0. The minimum Gasteiger partial charge on any atom is -0.395 e. The average Bonchev–Trinajstić information content (AvgIpc) is 2.61. The van der Waals surface area contributed by atoms with Gasteiger partial charge in [0.25, 0.3) is 5.91 Å². The summed E-state index contributed by atoms with van der Waals surface area (Å²) in [6, 6.07) is 1.45. The Hall–Kier alpha value is -0.600. The number of nitrogens with zero attached hydrogens (tertiary/aromatic N) is 1. The SMILES string of the molecule is O=C(c1csc(Br)c1)N(CCO)CC(F)(F)F. The summed E-state index contributed by atoms with van der Waals surface area (Å²) in [6.07, 6.45) is -4.47. The van der Waals surface area contributed by atoms with Gasteiger partial charge in [0.05, 0.1) is 16.0 Å². The lowest BCUT2D eigenvalue weighted by atomic mass is 10.3. The van der Waals surface area contributed by atoms with Crippen molar-refractivity contribution < 1.29 is 23.1 Å². The quantitative estimate of drug-likeness (QED) is 0.920. The van der Waals surface area contributed by atoms with Gasteiger partial charge in [0.1, 0.15) is 6.54 Å². The van der Waals surface area contributed by atoms with E-state index in [0.29, 0.717) is 8.69 Å². The molecule has 1 heterocycles. The molecule has 0 unspecified atom stereocenters. The Labute approximate surface area is 108 Å². The third kappa shape index (κ3) is 4.64. The van der Waals surface area contributed by atoms with Crippen LogP contribution in [0.1, 0.15) is 10.4 Å². The molecule has 0 aliphatic carbocycles. The van der Waals surface area contributed by atoms with Crippen molar-refractivity contribution in [2.45, 2.75) is 6.18 Å². The van der Waals surface area contributed by atoms with E-state index in [0.717, 1.165) is 0 Å². The zero-order valence-corrected chi connectivity index (χ0v) is 10.9. The van der Waals surface area contributed by atoms with E-state index in [-0.39, 0.29) is 12.1 Å². The second-order valence-corrected chi connectivity index (χ2v) is 5.50. The van der Waals surface area contributed by atoms with Crippen LogP contribution in [0.5, 0.6) is 0 Å². The van der Waals surface area contributed by atoms with Crippen molar-refractivity contribution in [3.8, 4) is 0 Å². The van der Waals surface area contributed by atoms with Gasteiger partial charge in [-0.05, 0) is 22.0 Å². The van der Waals surface area contributed by atoms with Gasteiger partial charge in [0, 0.05) is 11.9 Å². The first-order chi connectivity index (χ1) is 7.83. The van der Waals surface area contributed by atoms with Crippen LogP contribution >= 0.6 is 27.3 Å². The Morgan fingerprint density at radius 3 is 2.59 bits per heavy atom. The molecule has 1 N–H and O–H groups in total. The molecule has 1 rings (SSSR count). The lowest BCUT2D eigenvalue weighted by molar-refractivity contribution is -0.141. The largest absolute Gasteiger partial charge is 0.406 e. The van der Waals surface area contributed by atoms with Crippen LogP contribution in [0.3, 0.4) is 0 Å². The van der Waals surface area contributed by atoms with Gasteiger partial charge >= 0.3 is 6.18 Å². The fourth-order valence-corrected chi connectivity index (χ4v) is 2.32. The van der Waals surface area contributed by atoms with Gasteiger partial charge in [0.15, 0.2) is 0 Å². The summed E-state index contributed by atoms with van der Waals surface area (Å²) in [4.78, 5) is 12.3. The van der Waals surface area contributed by atoms with Crippen molar-refractivity contribution in [3.63, 3.8) is 0 Å². The smallest absolute Gasteiger partial charge is 0.395 e. The maximum Gasteiger partial charge on any atom is 0.406 e. The maximum absolute atomic E-state index is 12.2. The molecule has 3 nitrogen and oxygen atoms in total. The van der Waals surface area contributed by atoms with E-state index in [9.17, 15) is 18.0 Å². The number of halogens is 4. The molecule has 0 atom stereocenters. The molecule has 0 saturated heterocycles. The first-order valence-corrected chi connectivity index (χ1v) is 6.21. The van der Waals surface area contributed by atoms with Crippen LogP contribution in [0.15, 0.2) is 15.2 Å². The summed E-state index contributed by atoms with van der Waals surface area (Å²) < 4.78 is 37.3. The highest BCUT2D eigenvalue weighted by Crippen LogP contribution is 2.23. The number of carbonyl (C=O) groups excluding carboxylic acids is 1. The highest BCUT2D eigenvalue weighted by molar-refractivity contribution is 9.11. The van der Waals surface area contributed by atoms with Crippen molar-refractivity contribution in [1.29, 1.82) is 0 Å². The zero-order valence-electron chi connectivity index (χ0n) is 8.50. The van der Waals surface area contributed by atoms with Crippen molar-refractivity contribution >= 4 is 33.2 Å². The number of rotatable bonds is 4. The predicted octanol–water partition coefficient (Wildman–Crippen LogP) is 2.51. The third-order valence-corrected chi connectivity index (χ3v) is 3.35. The number of aliphatic hydroxyl groups excluding tert-OH is 1. The molecule has 0 aliphatic rings. The highest BCUT2D eigenvalue weighted by atomic mass is 79.9. The summed E-state index contributed by atoms with van der Waals surface area (Å²) in [5.74, 6) is -0.738. The predicted molar refractivity (Wildman–Crippen MR) is 61.1 cm³/mol. The number of alkyl halides is 3. The zero-order chi connectivity index (χ0) is 13.1. The second kappa shape index (κ2) is 5.83. The molecule has 0 aliphatic heterocycles. The van der Waals surface area contributed by atoms with E-state index in [1.54, 1.807) is 0 Å². The van der Waals surface area contributed by atoms with Crippen LogP contribution < -0.4 is 0 Å². The van der Waals surface area contributed by atoms with Crippen molar-refractivity contribution in [2.75, 3.05) is 19.7 Å². The summed E-state index contributed by atoms with van der Waals surface area (Å²) in [5, 5.41) is 10.1. The molecule has 1 amide bonds. The lowest BCUT2D eigenvalue weighted by Gasteiger charge is -2.22. The molecular formula is C9H9BrF3NO2S. The number of aliphatic hydroxyl groups is 1. The lowest BCUT2D eigenvalue weighted by Crippen LogP contribution is -2.40. The monoisotopic (exact) mass is 331 g/mol. The highest BCUT2D eigenvalue weighted by Gasteiger charge is 2.33. The standard InChI is InChI=1S/C9H9BrF3NO2S/c10-7-3-6(4-17-7)8(16)14(1-2-15)5-9(11,12)13/h3-4,15H,1-2,5H2. The third-order valence-electron chi connectivity index (χ3n) is 1.84. The van der Waals surface area contributed by atoms with Gasteiger partial charge in [-0.3, -0.25) is 4.79 Å². The fourth-order valence-electron chi connectivity index (χ4n) is 1.19. The minimum atomic E-state index is -4.47. The Morgan fingerprint density at radius 1 is 1.53 bits per heavy atom. The van der Waals surface area contributed by atoms with Gasteiger partial charge < -0.3 is 10.0 Å². The molecule has 0 radical (unpaired) electrons. The van der Waals surface area contributed by atoms with Crippen LogP contribution in [-0.4, -0.2) is 41.8 Å².